The zero-order valence-corrected chi connectivity index (χ0v) is 19.2. The molecule has 0 radical (unpaired) electrons. The van der Waals surface area contributed by atoms with Gasteiger partial charge in [0.2, 0.25) is 5.91 Å². The minimum Gasteiger partial charge on any atom is -0.497 e. The number of benzene rings is 1. The second-order valence-corrected chi connectivity index (χ2v) is 8.09. The van der Waals surface area contributed by atoms with Crippen LogP contribution in [-0.4, -0.2) is 82.2 Å². The molecule has 1 aliphatic rings. The average Bonchev–Trinajstić information content (AvgIpc) is 2.75. The van der Waals surface area contributed by atoms with E-state index in [4.69, 9.17) is 9.47 Å². The van der Waals surface area contributed by atoms with Crippen molar-refractivity contribution in [2.24, 2.45) is 10.4 Å². The Labute approximate surface area is 180 Å². The van der Waals surface area contributed by atoms with E-state index >= 15 is 0 Å². The summed E-state index contributed by atoms with van der Waals surface area (Å²) in [6, 6.07) is 5.90. The molecule has 1 aliphatic heterocycles. The van der Waals surface area contributed by atoms with Crippen LogP contribution in [0, 0.1) is 5.41 Å². The van der Waals surface area contributed by atoms with Crippen molar-refractivity contribution in [2.45, 2.75) is 27.3 Å². The number of hydrogen-bond donors (Lipinski definition) is 2. The number of carbonyl (C=O) groups excluding carboxylic acids is 1. The summed E-state index contributed by atoms with van der Waals surface area (Å²) < 4.78 is 10.9. The van der Waals surface area contributed by atoms with Crippen LogP contribution in [0.15, 0.2) is 23.2 Å². The van der Waals surface area contributed by atoms with Crippen LogP contribution in [-0.2, 0) is 11.3 Å². The number of nitrogens with one attached hydrogen (secondary N) is 2. The number of nitrogens with zero attached hydrogens (tertiary/aromatic N) is 3. The van der Waals surface area contributed by atoms with Crippen LogP contribution in [0.4, 0.5) is 0 Å². The summed E-state index contributed by atoms with van der Waals surface area (Å²) in [5.74, 6) is 2.60. The lowest BCUT2D eigenvalue weighted by Gasteiger charge is -2.37. The molecule has 0 unspecified atom stereocenters. The van der Waals surface area contributed by atoms with Crippen LogP contribution in [0.3, 0.4) is 0 Å². The molecule has 0 atom stereocenters. The standard InChI is InChI=1S/C22H37N5O3/c1-7-24-20(28)22(2,3)16-25-21(23-4)27-12-10-26(11-13-27)15-17-14-18(29-5)8-9-19(17)30-6/h8-9,14H,7,10-13,15-16H2,1-6H3,(H,23,25)(H,24,28). The van der Waals surface area contributed by atoms with Gasteiger partial charge < -0.3 is 25.0 Å². The third-order valence-corrected chi connectivity index (χ3v) is 5.41. The Morgan fingerprint density at radius 3 is 2.40 bits per heavy atom. The van der Waals surface area contributed by atoms with Crippen LogP contribution < -0.4 is 20.1 Å². The Morgan fingerprint density at radius 1 is 1.13 bits per heavy atom. The van der Waals surface area contributed by atoms with Crippen LogP contribution in [0.2, 0.25) is 0 Å². The van der Waals surface area contributed by atoms with Gasteiger partial charge in [0.1, 0.15) is 11.5 Å². The first kappa shape index (κ1) is 23.8. The number of ether oxygens (including phenoxy) is 2. The van der Waals surface area contributed by atoms with Gasteiger partial charge in [-0.2, -0.15) is 0 Å². The Balaban J connectivity index is 1.90. The maximum Gasteiger partial charge on any atom is 0.227 e. The molecule has 8 nitrogen and oxygen atoms in total. The summed E-state index contributed by atoms with van der Waals surface area (Å²) >= 11 is 0. The van der Waals surface area contributed by atoms with Gasteiger partial charge >= 0.3 is 0 Å². The molecule has 0 saturated carbocycles. The lowest BCUT2D eigenvalue weighted by molar-refractivity contribution is -0.128. The lowest BCUT2D eigenvalue weighted by atomic mass is 9.92. The molecule has 1 saturated heterocycles. The fraction of sp³-hybridized carbons (Fsp3) is 0.636. The number of amides is 1. The third-order valence-electron chi connectivity index (χ3n) is 5.41. The largest absolute Gasteiger partial charge is 0.497 e. The van der Waals surface area contributed by atoms with Crippen molar-refractivity contribution in [3.8, 4) is 11.5 Å². The number of carbonyl (C=O) groups is 1. The maximum atomic E-state index is 12.2. The van der Waals surface area contributed by atoms with E-state index in [0.29, 0.717) is 13.1 Å². The fourth-order valence-electron chi connectivity index (χ4n) is 3.48. The first-order valence-electron chi connectivity index (χ1n) is 10.5. The molecule has 0 aromatic heterocycles. The normalized spacial score (nSPS) is 15.7. The molecule has 30 heavy (non-hydrogen) atoms. The van der Waals surface area contributed by atoms with Crippen LogP contribution in [0.5, 0.6) is 11.5 Å². The first-order chi connectivity index (χ1) is 14.3. The summed E-state index contributed by atoms with van der Waals surface area (Å²) in [6.45, 7) is 11.4. The Morgan fingerprint density at radius 2 is 1.83 bits per heavy atom. The molecular weight excluding hydrogens is 382 g/mol. The summed E-state index contributed by atoms with van der Waals surface area (Å²) in [6.07, 6.45) is 0. The number of piperazine rings is 1. The van der Waals surface area contributed by atoms with Gasteiger partial charge in [-0.1, -0.05) is 0 Å². The van der Waals surface area contributed by atoms with E-state index in [1.807, 2.05) is 39.0 Å². The smallest absolute Gasteiger partial charge is 0.227 e. The molecule has 1 fully saturated rings. The average molecular weight is 420 g/mol. The third kappa shape index (κ3) is 6.26. The first-order valence-corrected chi connectivity index (χ1v) is 10.5. The highest BCUT2D eigenvalue weighted by atomic mass is 16.5. The van der Waals surface area contributed by atoms with E-state index in [1.165, 1.54) is 0 Å². The van der Waals surface area contributed by atoms with E-state index in [2.05, 4.69) is 25.4 Å². The predicted octanol–water partition coefficient (Wildman–Crippen LogP) is 1.56. The minimum atomic E-state index is -0.503. The number of methoxy groups -OCH3 is 2. The van der Waals surface area contributed by atoms with Gasteiger partial charge in [0.05, 0.1) is 19.6 Å². The van der Waals surface area contributed by atoms with Crippen molar-refractivity contribution in [3.63, 3.8) is 0 Å². The number of guanidine groups is 1. The van der Waals surface area contributed by atoms with E-state index in [0.717, 1.165) is 55.7 Å². The van der Waals surface area contributed by atoms with Crippen molar-refractivity contribution in [1.29, 1.82) is 0 Å². The lowest BCUT2D eigenvalue weighted by Crippen LogP contribution is -2.54. The molecule has 8 heteroatoms. The molecule has 1 amide bonds. The van der Waals surface area contributed by atoms with Crippen molar-refractivity contribution in [1.82, 2.24) is 20.4 Å². The van der Waals surface area contributed by atoms with Crippen molar-refractivity contribution < 1.29 is 14.3 Å². The Bertz CT molecular complexity index is 727. The number of aliphatic imine (C=N–C) groups is 1. The highest BCUT2D eigenvalue weighted by Gasteiger charge is 2.28. The zero-order chi connectivity index (χ0) is 22.1. The summed E-state index contributed by atoms with van der Waals surface area (Å²) in [5, 5.41) is 6.27. The van der Waals surface area contributed by atoms with Crippen LogP contribution in [0.1, 0.15) is 26.3 Å². The van der Waals surface area contributed by atoms with Crippen LogP contribution >= 0.6 is 0 Å². The fourth-order valence-corrected chi connectivity index (χ4v) is 3.48. The molecular formula is C22H37N5O3. The van der Waals surface area contributed by atoms with E-state index < -0.39 is 5.41 Å². The number of rotatable bonds is 8. The van der Waals surface area contributed by atoms with Crippen LogP contribution in [0.25, 0.3) is 0 Å². The topological polar surface area (TPSA) is 78.4 Å². The predicted molar refractivity (Wildman–Crippen MR) is 120 cm³/mol. The minimum absolute atomic E-state index is 0.0463. The van der Waals surface area contributed by atoms with Gasteiger partial charge in [-0.3, -0.25) is 14.7 Å². The second kappa shape index (κ2) is 11.1. The van der Waals surface area contributed by atoms with Gasteiger partial charge in [-0.05, 0) is 39.0 Å². The molecule has 0 bridgehead atoms. The van der Waals surface area contributed by atoms with Crippen molar-refractivity contribution in [3.05, 3.63) is 23.8 Å². The van der Waals surface area contributed by atoms with Gasteiger partial charge in [-0.25, -0.2) is 0 Å². The van der Waals surface area contributed by atoms with Crippen molar-refractivity contribution >= 4 is 11.9 Å². The highest BCUT2D eigenvalue weighted by Crippen LogP contribution is 2.25. The van der Waals surface area contributed by atoms with E-state index in [1.54, 1.807) is 21.3 Å². The molecule has 2 N–H and O–H groups in total. The summed E-state index contributed by atoms with van der Waals surface area (Å²) in [7, 11) is 5.16. The maximum absolute atomic E-state index is 12.2. The molecule has 0 spiro atoms. The molecule has 2 rings (SSSR count). The number of hydrogen-bond acceptors (Lipinski definition) is 5. The molecule has 0 aliphatic carbocycles. The monoisotopic (exact) mass is 419 g/mol. The van der Waals surface area contributed by atoms with E-state index in [9.17, 15) is 4.79 Å². The highest BCUT2D eigenvalue weighted by molar-refractivity contribution is 5.84. The second-order valence-electron chi connectivity index (χ2n) is 8.09. The summed E-state index contributed by atoms with van der Waals surface area (Å²) in [5.41, 5.74) is 0.618. The molecule has 1 aromatic rings. The Kier molecular flexibility index (Phi) is 8.77. The SMILES string of the molecule is CCNC(=O)C(C)(C)CNC(=NC)N1CCN(Cc2cc(OC)ccc2OC)CC1. The molecule has 1 aromatic carbocycles. The Hall–Kier alpha value is -2.48. The zero-order valence-electron chi connectivity index (χ0n) is 19.2. The van der Waals surface area contributed by atoms with Gasteiger partial charge in [0.15, 0.2) is 5.96 Å². The van der Waals surface area contributed by atoms with Gasteiger partial charge in [0.25, 0.3) is 0 Å². The molecule has 168 valence electrons. The summed E-state index contributed by atoms with van der Waals surface area (Å²) in [4.78, 5) is 21.3. The van der Waals surface area contributed by atoms with Gasteiger partial charge in [0, 0.05) is 58.4 Å². The molecule has 1 heterocycles. The van der Waals surface area contributed by atoms with E-state index in [-0.39, 0.29) is 5.91 Å². The van der Waals surface area contributed by atoms with Gasteiger partial charge in [-0.15, -0.1) is 0 Å². The quantitative estimate of drug-likeness (QED) is 0.492. The van der Waals surface area contributed by atoms with Crippen molar-refractivity contribution in [2.75, 3.05) is 60.5 Å².